The summed E-state index contributed by atoms with van der Waals surface area (Å²) in [6.45, 7) is 5.35. The SMILES string of the molecule is Cc1nccn1CCC1CCN(C(=O)c2ccccc2Cn2cccn2)CC1. The van der Waals surface area contributed by atoms with Crippen LogP contribution < -0.4 is 0 Å². The molecule has 0 unspecified atom stereocenters. The predicted molar refractivity (Wildman–Crippen MR) is 108 cm³/mol. The molecule has 6 heteroatoms. The molecule has 1 saturated heterocycles. The first-order valence-electron chi connectivity index (χ1n) is 10.0. The molecule has 1 aliphatic heterocycles. The first-order valence-corrected chi connectivity index (χ1v) is 10.0. The van der Waals surface area contributed by atoms with Crippen molar-refractivity contribution in [1.82, 2.24) is 24.2 Å². The van der Waals surface area contributed by atoms with Gasteiger partial charge < -0.3 is 9.47 Å². The molecule has 6 nitrogen and oxygen atoms in total. The molecule has 2 aromatic heterocycles. The maximum atomic E-state index is 13.1. The summed E-state index contributed by atoms with van der Waals surface area (Å²) in [6.07, 6.45) is 10.9. The molecule has 3 aromatic rings. The van der Waals surface area contributed by atoms with Gasteiger partial charge in [-0.25, -0.2) is 4.98 Å². The number of likely N-dealkylation sites (tertiary alicyclic amines) is 1. The molecule has 0 radical (unpaired) electrons. The van der Waals surface area contributed by atoms with Crippen molar-refractivity contribution < 1.29 is 4.79 Å². The van der Waals surface area contributed by atoms with Crippen LogP contribution in [0.2, 0.25) is 0 Å². The molecule has 3 heterocycles. The lowest BCUT2D eigenvalue weighted by Gasteiger charge is -2.32. The fraction of sp³-hybridized carbons (Fsp3) is 0.409. The Morgan fingerprint density at radius 2 is 1.93 bits per heavy atom. The highest BCUT2D eigenvalue weighted by atomic mass is 16.2. The van der Waals surface area contributed by atoms with Crippen LogP contribution in [0.1, 0.15) is 41.0 Å². The Labute approximate surface area is 165 Å². The molecule has 1 fully saturated rings. The Balaban J connectivity index is 1.35. The number of aromatic nitrogens is 4. The van der Waals surface area contributed by atoms with Gasteiger partial charge >= 0.3 is 0 Å². The van der Waals surface area contributed by atoms with Crippen molar-refractivity contribution in [2.45, 2.75) is 39.3 Å². The van der Waals surface area contributed by atoms with E-state index < -0.39 is 0 Å². The fourth-order valence-electron chi connectivity index (χ4n) is 3.99. The lowest BCUT2D eigenvalue weighted by molar-refractivity contribution is 0.0683. The summed E-state index contributed by atoms with van der Waals surface area (Å²) in [5.74, 6) is 1.89. The normalized spacial score (nSPS) is 15.1. The van der Waals surface area contributed by atoms with Crippen LogP contribution in [0.5, 0.6) is 0 Å². The number of carbonyl (C=O) groups is 1. The second kappa shape index (κ2) is 8.42. The summed E-state index contributed by atoms with van der Waals surface area (Å²) in [5, 5.41) is 4.27. The van der Waals surface area contributed by atoms with Crippen LogP contribution in [0.15, 0.2) is 55.1 Å². The number of imidazole rings is 1. The standard InChI is InChI=1S/C22H27N5O/c1-18-23-11-16-25(18)13-7-19-8-14-26(15-9-19)22(28)21-6-3-2-5-20(21)17-27-12-4-10-24-27/h2-6,10-12,16,19H,7-9,13-15,17H2,1H3. The highest BCUT2D eigenvalue weighted by Gasteiger charge is 2.25. The van der Waals surface area contributed by atoms with Crippen molar-refractivity contribution in [3.63, 3.8) is 0 Å². The Morgan fingerprint density at radius 3 is 2.64 bits per heavy atom. The molecule has 0 N–H and O–H groups in total. The summed E-state index contributed by atoms with van der Waals surface area (Å²) in [5.41, 5.74) is 1.82. The number of carbonyl (C=O) groups excluding carboxylic acids is 1. The van der Waals surface area contributed by atoms with Gasteiger partial charge in [0.1, 0.15) is 5.82 Å². The zero-order chi connectivity index (χ0) is 19.3. The second-order valence-electron chi connectivity index (χ2n) is 7.55. The molecule has 1 aromatic carbocycles. The van der Waals surface area contributed by atoms with Gasteiger partial charge in [0.15, 0.2) is 0 Å². The first kappa shape index (κ1) is 18.5. The smallest absolute Gasteiger partial charge is 0.254 e. The minimum atomic E-state index is 0.145. The molecule has 0 bridgehead atoms. The summed E-state index contributed by atoms with van der Waals surface area (Å²) < 4.78 is 4.07. The van der Waals surface area contributed by atoms with Crippen molar-refractivity contribution >= 4 is 5.91 Å². The van der Waals surface area contributed by atoms with Crippen LogP contribution in [0.25, 0.3) is 0 Å². The molecule has 0 spiro atoms. The number of nitrogens with zero attached hydrogens (tertiary/aromatic N) is 5. The van der Waals surface area contributed by atoms with Crippen LogP contribution in [0.3, 0.4) is 0 Å². The summed E-state index contributed by atoms with van der Waals surface area (Å²) in [7, 11) is 0. The molecule has 28 heavy (non-hydrogen) atoms. The highest BCUT2D eigenvalue weighted by Crippen LogP contribution is 2.23. The van der Waals surface area contributed by atoms with E-state index in [2.05, 4.69) is 14.6 Å². The van der Waals surface area contributed by atoms with Crippen LogP contribution in [0, 0.1) is 12.8 Å². The third-order valence-electron chi connectivity index (χ3n) is 5.74. The highest BCUT2D eigenvalue weighted by molar-refractivity contribution is 5.95. The van der Waals surface area contributed by atoms with Gasteiger partial charge in [-0.1, -0.05) is 18.2 Å². The van der Waals surface area contributed by atoms with E-state index in [9.17, 15) is 4.79 Å². The van der Waals surface area contributed by atoms with E-state index in [1.165, 1.54) is 0 Å². The third kappa shape index (κ3) is 4.16. The summed E-state index contributed by atoms with van der Waals surface area (Å²) in [4.78, 5) is 19.4. The first-order chi connectivity index (χ1) is 13.7. The summed E-state index contributed by atoms with van der Waals surface area (Å²) >= 11 is 0. The van der Waals surface area contributed by atoms with Crippen molar-refractivity contribution in [3.05, 3.63) is 72.1 Å². The largest absolute Gasteiger partial charge is 0.339 e. The van der Waals surface area contributed by atoms with Crippen molar-refractivity contribution in [2.24, 2.45) is 5.92 Å². The third-order valence-corrected chi connectivity index (χ3v) is 5.74. The van der Waals surface area contributed by atoms with Gasteiger partial charge in [-0.3, -0.25) is 9.48 Å². The molecule has 1 amide bonds. The molecular weight excluding hydrogens is 350 g/mol. The van der Waals surface area contributed by atoms with E-state index in [-0.39, 0.29) is 5.91 Å². The van der Waals surface area contributed by atoms with Gasteiger partial charge in [-0.15, -0.1) is 0 Å². The van der Waals surface area contributed by atoms with Gasteiger partial charge in [0.25, 0.3) is 5.91 Å². The van der Waals surface area contributed by atoms with E-state index in [0.29, 0.717) is 12.5 Å². The number of hydrogen-bond donors (Lipinski definition) is 0. The average molecular weight is 377 g/mol. The van der Waals surface area contributed by atoms with Crippen LogP contribution in [0.4, 0.5) is 0 Å². The molecule has 4 rings (SSSR count). The number of benzene rings is 1. The van der Waals surface area contributed by atoms with E-state index in [1.807, 2.05) is 65.4 Å². The van der Waals surface area contributed by atoms with Crippen LogP contribution in [-0.4, -0.2) is 43.2 Å². The molecule has 0 atom stereocenters. The number of aryl methyl sites for hydroxylation is 2. The number of amides is 1. The van der Waals surface area contributed by atoms with Crippen molar-refractivity contribution in [1.29, 1.82) is 0 Å². The van der Waals surface area contributed by atoms with E-state index in [1.54, 1.807) is 6.20 Å². The van der Waals surface area contributed by atoms with Gasteiger partial charge in [0.05, 0.1) is 6.54 Å². The maximum Gasteiger partial charge on any atom is 0.254 e. The van der Waals surface area contributed by atoms with Crippen molar-refractivity contribution in [3.8, 4) is 0 Å². The number of hydrogen-bond acceptors (Lipinski definition) is 3. The Hall–Kier alpha value is -2.89. The van der Waals surface area contributed by atoms with Crippen LogP contribution in [-0.2, 0) is 13.1 Å². The quantitative estimate of drug-likeness (QED) is 0.662. The summed E-state index contributed by atoms with van der Waals surface area (Å²) in [6, 6.07) is 9.80. The molecule has 146 valence electrons. The Morgan fingerprint density at radius 1 is 1.11 bits per heavy atom. The number of rotatable bonds is 6. The maximum absolute atomic E-state index is 13.1. The van der Waals surface area contributed by atoms with E-state index in [0.717, 1.165) is 55.8 Å². The van der Waals surface area contributed by atoms with Gasteiger partial charge in [0, 0.05) is 50.0 Å². The second-order valence-corrected chi connectivity index (χ2v) is 7.55. The fourth-order valence-corrected chi connectivity index (χ4v) is 3.99. The van der Waals surface area contributed by atoms with Gasteiger partial charge in [0.2, 0.25) is 0 Å². The Bertz CT molecular complexity index is 907. The molecule has 1 aliphatic rings. The predicted octanol–water partition coefficient (Wildman–Crippen LogP) is 3.38. The lowest BCUT2D eigenvalue weighted by atomic mass is 9.93. The zero-order valence-electron chi connectivity index (χ0n) is 16.4. The van der Waals surface area contributed by atoms with Gasteiger partial charge in [-0.05, 0) is 49.8 Å². The molecule has 0 aliphatic carbocycles. The molecule has 0 saturated carbocycles. The molecular formula is C22H27N5O. The zero-order valence-corrected chi connectivity index (χ0v) is 16.4. The lowest BCUT2D eigenvalue weighted by Crippen LogP contribution is -2.39. The average Bonchev–Trinajstić information content (AvgIpc) is 3.38. The van der Waals surface area contributed by atoms with Crippen LogP contribution >= 0.6 is 0 Å². The minimum Gasteiger partial charge on any atom is -0.339 e. The van der Waals surface area contributed by atoms with Gasteiger partial charge in [-0.2, -0.15) is 5.10 Å². The minimum absolute atomic E-state index is 0.145. The Kier molecular flexibility index (Phi) is 5.55. The van der Waals surface area contributed by atoms with E-state index in [4.69, 9.17) is 0 Å². The van der Waals surface area contributed by atoms with Crippen molar-refractivity contribution in [2.75, 3.05) is 13.1 Å². The number of piperidine rings is 1. The topological polar surface area (TPSA) is 56.0 Å². The van der Waals surface area contributed by atoms with E-state index >= 15 is 0 Å². The monoisotopic (exact) mass is 377 g/mol.